The summed E-state index contributed by atoms with van der Waals surface area (Å²) in [5.74, 6) is 0.288. The SMILES string of the molecule is Cc1cc(C)c(C(N)=O)c(N(C)CC2CCCCN2)n1. The van der Waals surface area contributed by atoms with Crippen molar-refractivity contribution in [3.05, 3.63) is 22.9 Å². The molecule has 1 aromatic heterocycles. The molecule has 0 aliphatic carbocycles. The van der Waals surface area contributed by atoms with Gasteiger partial charge in [-0.2, -0.15) is 0 Å². The molecule has 0 bridgehead atoms. The van der Waals surface area contributed by atoms with E-state index in [-0.39, 0.29) is 0 Å². The van der Waals surface area contributed by atoms with E-state index in [4.69, 9.17) is 5.73 Å². The minimum absolute atomic E-state index is 0.409. The van der Waals surface area contributed by atoms with Gasteiger partial charge in [-0.1, -0.05) is 6.42 Å². The fourth-order valence-electron chi connectivity index (χ4n) is 2.89. The number of hydrogen-bond acceptors (Lipinski definition) is 4. The average Bonchev–Trinajstić information content (AvgIpc) is 2.38. The van der Waals surface area contributed by atoms with Gasteiger partial charge in [-0.15, -0.1) is 0 Å². The highest BCUT2D eigenvalue weighted by Gasteiger charge is 2.20. The number of piperidine rings is 1. The van der Waals surface area contributed by atoms with E-state index in [1.807, 2.05) is 31.9 Å². The molecule has 5 nitrogen and oxygen atoms in total. The van der Waals surface area contributed by atoms with Gasteiger partial charge in [0.15, 0.2) is 0 Å². The summed E-state index contributed by atoms with van der Waals surface area (Å²) < 4.78 is 0. The summed E-state index contributed by atoms with van der Waals surface area (Å²) in [6.07, 6.45) is 3.67. The standard InChI is InChI=1S/C15H24N4O/c1-10-8-11(2)18-15(13(10)14(16)20)19(3)9-12-6-4-5-7-17-12/h8,12,17H,4-7,9H2,1-3H3,(H2,16,20). The van der Waals surface area contributed by atoms with Crippen LogP contribution in [0.15, 0.2) is 6.07 Å². The van der Waals surface area contributed by atoms with Crippen molar-refractivity contribution in [1.82, 2.24) is 10.3 Å². The van der Waals surface area contributed by atoms with E-state index in [0.717, 1.165) is 24.3 Å². The highest BCUT2D eigenvalue weighted by Crippen LogP contribution is 2.22. The van der Waals surface area contributed by atoms with Crippen LogP contribution in [0.5, 0.6) is 0 Å². The lowest BCUT2D eigenvalue weighted by Crippen LogP contribution is -2.43. The van der Waals surface area contributed by atoms with Crippen molar-refractivity contribution in [2.24, 2.45) is 5.73 Å². The number of nitrogens with zero attached hydrogens (tertiary/aromatic N) is 2. The Labute approximate surface area is 120 Å². The van der Waals surface area contributed by atoms with Crippen LogP contribution < -0.4 is 16.0 Å². The van der Waals surface area contributed by atoms with Gasteiger partial charge in [0.2, 0.25) is 0 Å². The number of carbonyl (C=O) groups excluding carboxylic acids is 1. The number of aryl methyl sites for hydroxylation is 2. The highest BCUT2D eigenvalue weighted by molar-refractivity contribution is 5.99. The fraction of sp³-hybridized carbons (Fsp3) is 0.600. The summed E-state index contributed by atoms with van der Waals surface area (Å²) in [5, 5.41) is 3.51. The van der Waals surface area contributed by atoms with Gasteiger partial charge in [-0.3, -0.25) is 4.79 Å². The predicted molar refractivity (Wildman–Crippen MR) is 81.1 cm³/mol. The van der Waals surface area contributed by atoms with Crippen LogP contribution in [-0.2, 0) is 0 Å². The summed E-state index contributed by atoms with van der Waals surface area (Å²) in [6.45, 7) is 5.76. The number of carbonyl (C=O) groups is 1. The molecule has 1 unspecified atom stereocenters. The first kappa shape index (κ1) is 14.8. The molecule has 20 heavy (non-hydrogen) atoms. The number of pyridine rings is 1. The van der Waals surface area contributed by atoms with E-state index >= 15 is 0 Å². The quantitative estimate of drug-likeness (QED) is 0.871. The molecule has 1 aliphatic rings. The Morgan fingerprint density at radius 3 is 2.85 bits per heavy atom. The Morgan fingerprint density at radius 2 is 2.25 bits per heavy atom. The zero-order valence-corrected chi connectivity index (χ0v) is 12.6. The van der Waals surface area contributed by atoms with Gasteiger partial charge in [-0.05, 0) is 44.9 Å². The number of nitrogens with two attached hydrogens (primary N) is 1. The third-order valence-corrected chi connectivity index (χ3v) is 3.84. The van der Waals surface area contributed by atoms with Gasteiger partial charge >= 0.3 is 0 Å². The van der Waals surface area contributed by atoms with Crippen LogP contribution >= 0.6 is 0 Å². The number of aromatic nitrogens is 1. The number of primary amides is 1. The van der Waals surface area contributed by atoms with Gasteiger partial charge in [0.25, 0.3) is 5.91 Å². The second-order valence-electron chi connectivity index (χ2n) is 5.67. The molecule has 2 rings (SSSR count). The van der Waals surface area contributed by atoms with Crippen LogP contribution in [-0.4, -0.2) is 37.1 Å². The molecule has 3 N–H and O–H groups in total. The number of anilines is 1. The van der Waals surface area contributed by atoms with Crippen molar-refractivity contribution < 1.29 is 4.79 Å². The maximum absolute atomic E-state index is 11.7. The van der Waals surface area contributed by atoms with Crippen LogP contribution in [0.25, 0.3) is 0 Å². The normalized spacial score (nSPS) is 18.9. The van der Waals surface area contributed by atoms with E-state index in [2.05, 4.69) is 10.3 Å². The molecule has 1 saturated heterocycles. The van der Waals surface area contributed by atoms with Gasteiger partial charge in [0.1, 0.15) is 5.82 Å². The fourth-order valence-corrected chi connectivity index (χ4v) is 2.89. The molecule has 1 aromatic rings. The molecule has 1 fully saturated rings. The summed E-state index contributed by atoms with van der Waals surface area (Å²) >= 11 is 0. The summed E-state index contributed by atoms with van der Waals surface area (Å²) in [4.78, 5) is 18.3. The highest BCUT2D eigenvalue weighted by atomic mass is 16.1. The second-order valence-corrected chi connectivity index (χ2v) is 5.67. The zero-order valence-electron chi connectivity index (χ0n) is 12.6. The first-order chi connectivity index (χ1) is 9.49. The van der Waals surface area contributed by atoms with Crippen LogP contribution in [0.3, 0.4) is 0 Å². The Kier molecular flexibility index (Phi) is 4.60. The first-order valence-corrected chi connectivity index (χ1v) is 7.21. The van der Waals surface area contributed by atoms with Crippen molar-refractivity contribution in [2.45, 2.75) is 39.2 Å². The van der Waals surface area contributed by atoms with E-state index < -0.39 is 5.91 Å². The molecular weight excluding hydrogens is 252 g/mol. The molecule has 0 saturated carbocycles. The van der Waals surface area contributed by atoms with Crippen LogP contribution in [0.4, 0.5) is 5.82 Å². The van der Waals surface area contributed by atoms with Crippen LogP contribution in [0.2, 0.25) is 0 Å². The van der Waals surface area contributed by atoms with Gasteiger partial charge in [0.05, 0.1) is 5.56 Å². The lowest BCUT2D eigenvalue weighted by atomic mass is 10.0. The molecule has 2 heterocycles. The van der Waals surface area contributed by atoms with Crippen molar-refractivity contribution in [2.75, 3.05) is 25.0 Å². The summed E-state index contributed by atoms with van der Waals surface area (Å²) in [5.41, 5.74) is 7.85. The molecule has 0 radical (unpaired) electrons. The lowest BCUT2D eigenvalue weighted by molar-refractivity contribution is 0.1000. The minimum Gasteiger partial charge on any atom is -0.365 e. The molecule has 1 amide bonds. The first-order valence-electron chi connectivity index (χ1n) is 7.21. The monoisotopic (exact) mass is 276 g/mol. The van der Waals surface area contributed by atoms with Crippen molar-refractivity contribution in [3.8, 4) is 0 Å². The number of hydrogen-bond donors (Lipinski definition) is 2. The Balaban J connectivity index is 2.23. The average molecular weight is 276 g/mol. The molecule has 0 spiro atoms. The second kappa shape index (κ2) is 6.22. The maximum atomic E-state index is 11.7. The van der Waals surface area contributed by atoms with Gasteiger partial charge in [-0.25, -0.2) is 4.98 Å². The van der Waals surface area contributed by atoms with Crippen molar-refractivity contribution >= 4 is 11.7 Å². The maximum Gasteiger partial charge on any atom is 0.252 e. The number of nitrogens with one attached hydrogen (secondary N) is 1. The van der Waals surface area contributed by atoms with Gasteiger partial charge < -0.3 is 16.0 Å². The lowest BCUT2D eigenvalue weighted by Gasteiger charge is -2.30. The minimum atomic E-state index is -0.409. The molecule has 1 atom stereocenters. The Bertz CT molecular complexity index is 495. The Hall–Kier alpha value is -1.62. The molecular formula is C15H24N4O. The topological polar surface area (TPSA) is 71.2 Å². The van der Waals surface area contributed by atoms with E-state index in [1.54, 1.807) is 0 Å². The largest absolute Gasteiger partial charge is 0.365 e. The van der Waals surface area contributed by atoms with E-state index in [0.29, 0.717) is 17.4 Å². The predicted octanol–water partition coefficient (Wildman–Crippen LogP) is 1.38. The molecule has 5 heteroatoms. The third-order valence-electron chi connectivity index (χ3n) is 3.84. The van der Waals surface area contributed by atoms with Crippen LogP contribution in [0.1, 0.15) is 40.9 Å². The summed E-state index contributed by atoms with van der Waals surface area (Å²) in [7, 11) is 1.98. The van der Waals surface area contributed by atoms with Gasteiger partial charge in [0, 0.05) is 25.3 Å². The number of rotatable bonds is 4. The molecule has 110 valence electrons. The molecule has 1 aliphatic heterocycles. The smallest absolute Gasteiger partial charge is 0.252 e. The van der Waals surface area contributed by atoms with Crippen molar-refractivity contribution in [1.29, 1.82) is 0 Å². The number of likely N-dealkylation sites (N-methyl/N-ethyl adjacent to an activating group) is 1. The Morgan fingerprint density at radius 1 is 1.50 bits per heavy atom. The van der Waals surface area contributed by atoms with Crippen LogP contribution in [0, 0.1) is 13.8 Å². The summed E-state index contributed by atoms with van der Waals surface area (Å²) in [6, 6.07) is 2.35. The molecule has 0 aromatic carbocycles. The third kappa shape index (κ3) is 3.28. The van der Waals surface area contributed by atoms with Crippen molar-refractivity contribution in [3.63, 3.8) is 0 Å². The van der Waals surface area contributed by atoms with E-state index in [9.17, 15) is 4.79 Å². The number of amides is 1. The zero-order chi connectivity index (χ0) is 14.7. The van der Waals surface area contributed by atoms with E-state index in [1.165, 1.54) is 19.3 Å².